The van der Waals surface area contributed by atoms with Crippen LogP contribution >= 0.6 is 0 Å². The van der Waals surface area contributed by atoms with Gasteiger partial charge >= 0.3 is 0 Å². The third kappa shape index (κ3) is 3.85. The van der Waals surface area contributed by atoms with Gasteiger partial charge in [0.25, 0.3) is 0 Å². The predicted octanol–water partition coefficient (Wildman–Crippen LogP) is 3.48. The Labute approximate surface area is 145 Å². The van der Waals surface area contributed by atoms with Gasteiger partial charge in [-0.05, 0) is 29.3 Å². The third-order valence-corrected chi connectivity index (χ3v) is 3.98. The Bertz CT molecular complexity index is 873. The maximum absolute atomic E-state index is 14.0. The molecule has 0 aliphatic carbocycles. The maximum Gasteiger partial charge on any atom is 0.126 e. The maximum atomic E-state index is 14.0. The number of hydrogen-bond donors (Lipinski definition) is 1. The van der Waals surface area contributed by atoms with Crippen LogP contribution < -0.4 is 4.74 Å². The van der Waals surface area contributed by atoms with E-state index in [1.807, 2.05) is 24.3 Å². The van der Waals surface area contributed by atoms with Gasteiger partial charge in [-0.1, -0.05) is 35.5 Å². The van der Waals surface area contributed by atoms with Gasteiger partial charge in [0.2, 0.25) is 0 Å². The first-order valence-electron chi connectivity index (χ1n) is 7.79. The first kappa shape index (κ1) is 16.7. The van der Waals surface area contributed by atoms with Gasteiger partial charge in [-0.15, -0.1) is 0 Å². The highest BCUT2D eigenvalue weighted by atomic mass is 19.1. The zero-order valence-electron chi connectivity index (χ0n) is 13.8. The lowest BCUT2D eigenvalue weighted by atomic mass is 10.1. The second-order valence-electron chi connectivity index (χ2n) is 5.57. The monoisotopic (exact) mass is 339 g/mol. The number of methoxy groups -OCH3 is 1. The Kier molecular flexibility index (Phi) is 5.09. The Hall–Kier alpha value is -3.15. The molecule has 0 spiro atoms. The average molecular weight is 339 g/mol. The van der Waals surface area contributed by atoms with Crippen LogP contribution in [-0.2, 0) is 13.0 Å². The van der Waals surface area contributed by atoms with E-state index in [4.69, 9.17) is 9.94 Å². The molecule has 0 fully saturated rings. The molecule has 0 atom stereocenters. The summed E-state index contributed by atoms with van der Waals surface area (Å²) >= 11 is 0. The normalized spacial score (nSPS) is 11.1. The first-order chi connectivity index (χ1) is 12.2. The number of halogens is 1. The fourth-order valence-electron chi connectivity index (χ4n) is 2.65. The lowest BCUT2D eigenvalue weighted by Crippen LogP contribution is -2.09. The zero-order chi connectivity index (χ0) is 17.6. The van der Waals surface area contributed by atoms with Crippen molar-refractivity contribution in [3.05, 3.63) is 82.9 Å². The van der Waals surface area contributed by atoms with Gasteiger partial charge in [-0.2, -0.15) is 5.10 Å². The second kappa shape index (κ2) is 7.61. The van der Waals surface area contributed by atoms with Crippen molar-refractivity contribution in [1.82, 2.24) is 9.78 Å². The molecular formula is C19H18FN3O2. The van der Waals surface area contributed by atoms with Crippen LogP contribution in [0, 0.1) is 5.82 Å². The van der Waals surface area contributed by atoms with Crippen molar-refractivity contribution in [2.24, 2.45) is 5.16 Å². The van der Waals surface area contributed by atoms with Crippen LogP contribution in [0.4, 0.5) is 4.39 Å². The van der Waals surface area contributed by atoms with Crippen LogP contribution in [0.15, 0.2) is 59.9 Å². The van der Waals surface area contributed by atoms with E-state index in [2.05, 4.69) is 10.3 Å². The SMILES string of the molecule is COc1ccc(Cn2ncc(C=NO)c2Cc2ccccc2F)cc1. The lowest BCUT2D eigenvalue weighted by Gasteiger charge is -2.10. The van der Waals surface area contributed by atoms with E-state index in [-0.39, 0.29) is 5.82 Å². The van der Waals surface area contributed by atoms with E-state index in [1.54, 1.807) is 36.2 Å². The van der Waals surface area contributed by atoms with Crippen molar-refractivity contribution in [3.8, 4) is 5.75 Å². The minimum atomic E-state index is -0.272. The summed E-state index contributed by atoms with van der Waals surface area (Å²) in [5.74, 6) is 0.510. The van der Waals surface area contributed by atoms with E-state index in [0.717, 1.165) is 17.0 Å². The molecule has 0 aliphatic heterocycles. The van der Waals surface area contributed by atoms with Gasteiger partial charge in [-0.3, -0.25) is 4.68 Å². The molecule has 0 amide bonds. The molecule has 0 aliphatic rings. The van der Waals surface area contributed by atoms with Gasteiger partial charge in [-0.25, -0.2) is 4.39 Å². The molecule has 25 heavy (non-hydrogen) atoms. The van der Waals surface area contributed by atoms with Crippen LogP contribution in [0.1, 0.15) is 22.4 Å². The summed E-state index contributed by atoms with van der Waals surface area (Å²) in [5, 5.41) is 16.3. The van der Waals surface area contributed by atoms with Crippen LogP contribution in [0.25, 0.3) is 0 Å². The summed E-state index contributed by atoms with van der Waals surface area (Å²) in [6.45, 7) is 0.521. The van der Waals surface area contributed by atoms with Crippen molar-refractivity contribution in [2.75, 3.05) is 7.11 Å². The number of rotatable bonds is 6. The number of hydrogen-bond acceptors (Lipinski definition) is 4. The Morgan fingerprint density at radius 1 is 1.20 bits per heavy atom. The molecule has 0 unspecified atom stereocenters. The van der Waals surface area contributed by atoms with E-state index in [9.17, 15) is 4.39 Å². The van der Waals surface area contributed by atoms with E-state index < -0.39 is 0 Å². The molecule has 0 bridgehead atoms. The Morgan fingerprint density at radius 3 is 2.64 bits per heavy atom. The molecule has 3 rings (SSSR count). The van der Waals surface area contributed by atoms with E-state index >= 15 is 0 Å². The Balaban J connectivity index is 1.92. The van der Waals surface area contributed by atoms with Crippen molar-refractivity contribution in [2.45, 2.75) is 13.0 Å². The minimum Gasteiger partial charge on any atom is -0.497 e. The van der Waals surface area contributed by atoms with Crippen molar-refractivity contribution < 1.29 is 14.3 Å². The molecule has 0 radical (unpaired) electrons. The van der Waals surface area contributed by atoms with Crippen LogP contribution in [0.3, 0.4) is 0 Å². The van der Waals surface area contributed by atoms with Crippen LogP contribution in [-0.4, -0.2) is 28.3 Å². The molecule has 2 aromatic carbocycles. The molecule has 0 saturated heterocycles. The number of benzene rings is 2. The predicted molar refractivity (Wildman–Crippen MR) is 92.9 cm³/mol. The molecular weight excluding hydrogens is 321 g/mol. The summed E-state index contributed by atoms with van der Waals surface area (Å²) in [7, 11) is 1.62. The standard InChI is InChI=1S/C19H18FN3O2/c1-25-17-8-6-14(7-9-17)13-23-19(16(11-21-23)12-22-24)10-15-4-2-3-5-18(15)20/h2-9,11-12,24H,10,13H2,1H3. The first-order valence-corrected chi connectivity index (χ1v) is 7.79. The fourth-order valence-corrected chi connectivity index (χ4v) is 2.65. The smallest absolute Gasteiger partial charge is 0.126 e. The molecule has 6 heteroatoms. The third-order valence-electron chi connectivity index (χ3n) is 3.98. The summed E-state index contributed by atoms with van der Waals surface area (Å²) in [6.07, 6.45) is 3.28. The largest absolute Gasteiger partial charge is 0.497 e. The van der Waals surface area contributed by atoms with Crippen LogP contribution in [0.2, 0.25) is 0 Å². The van der Waals surface area contributed by atoms with Crippen LogP contribution in [0.5, 0.6) is 5.75 Å². The zero-order valence-corrected chi connectivity index (χ0v) is 13.8. The van der Waals surface area contributed by atoms with Gasteiger partial charge in [0, 0.05) is 12.0 Å². The summed E-state index contributed by atoms with van der Waals surface area (Å²) in [6, 6.07) is 14.3. The van der Waals surface area contributed by atoms with Gasteiger partial charge in [0.05, 0.1) is 31.8 Å². The van der Waals surface area contributed by atoms with Crippen molar-refractivity contribution in [1.29, 1.82) is 0 Å². The van der Waals surface area contributed by atoms with E-state index in [0.29, 0.717) is 24.1 Å². The van der Waals surface area contributed by atoms with Crippen molar-refractivity contribution in [3.63, 3.8) is 0 Å². The fraction of sp³-hybridized carbons (Fsp3) is 0.158. The summed E-state index contributed by atoms with van der Waals surface area (Å²) in [5.41, 5.74) is 3.02. The average Bonchev–Trinajstić information content (AvgIpc) is 3.00. The topological polar surface area (TPSA) is 59.6 Å². The number of ether oxygens (including phenoxy) is 1. The second-order valence-corrected chi connectivity index (χ2v) is 5.57. The molecule has 0 saturated carbocycles. The molecule has 1 heterocycles. The molecule has 3 aromatic rings. The van der Waals surface area contributed by atoms with Gasteiger partial charge in [0.15, 0.2) is 0 Å². The molecule has 5 nitrogen and oxygen atoms in total. The molecule has 128 valence electrons. The highest BCUT2D eigenvalue weighted by molar-refractivity contribution is 5.80. The summed E-state index contributed by atoms with van der Waals surface area (Å²) in [4.78, 5) is 0. The highest BCUT2D eigenvalue weighted by Crippen LogP contribution is 2.18. The number of aromatic nitrogens is 2. The quantitative estimate of drug-likeness (QED) is 0.425. The number of nitrogens with zero attached hydrogens (tertiary/aromatic N) is 3. The lowest BCUT2D eigenvalue weighted by molar-refractivity contribution is 0.322. The number of oxime groups is 1. The summed E-state index contributed by atoms with van der Waals surface area (Å²) < 4.78 is 21.0. The van der Waals surface area contributed by atoms with Crippen molar-refractivity contribution >= 4 is 6.21 Å². The van der Waals surface area contributed by atoms with Gasteiger partial charge in [0.1, 0.15) is 11.6 Å². The van der Waals surface area contributed by atoms with Gasteiger partial charge < -0.3 is 9.94 Å². The van der Waals surface area contributed by atoms with E-state index in [1.165, 1.54) is 12.3 Å². The molecule has 1 N–H and O–H groups in total. The minimum absolute atomic E-state index is 0.272. The molecule has 1 aromatic heterocycles. The highest BCUT2D eigenvalue weighted by Gasteiger charge is 2.13. The Morgan fingerprint density at radius 2 is 1.96 bits per heavy atom.